The maximum absolute atomic E-state index is 15.1. The minimum absolute atomic E-state index is 0.0279. The number of ether oxygens (including phenoxy) is 3. The molecule has 3 aromatic rings. The van der Waals surface area contributed by atoms with Gasteiger partial charge < -0.3 is 19.1 Å². The summed E-state index contributed by atoms with van der Waals surface area (Å²) in [7, 11) is 1.23. The Hall–Kier alpha value is -3.71. The molecule has 2 fully saturated rings. The van der Waals surface area contributed by atoms with Crippen molar-refractivity contribution >= 4 is 39.0 Å². The second-order valence-electron chi connectivity index (χ2n) is 17.3. The molecule has 1 spiro atoms. The van der Waals surface area contributed by atoms with Gasteiger partial charge in [0.15, 0.2) is 0 Å². The number of methoxy groups -OCH3 is 2. The minimum Gasteiger partial charge on any atom is -0.479 e. The van der Waals surface area contributed by atoms with E-state index in [0.29, 0.717) is 23.8 Å². The van der Waals surface area contributed by atoms with E-state index in [-0.39, 0.29) is 52.8 Å². The van der Waals surface area contributed by atoms with Crippen LogP contribution < -0.4 is 14.4 Å². The first-order valence-corrected chi connectivity index (χ1v) is 22.6. The van der Waals surface area contributed by atoms with Crippen molar-refractivity contribution in [2.75, 3.05) is 38.0 Å². The maximum atomic E-state index is 15.1. The fraction of sp³-hybridized carbons (Fsp3) is 0.568. The second-order valence-corrected chi connectivity index (χ2v) is 19.7. The molecule has 2 bridgehead atoms. The largest absolute Gasteiger partial charge is 0.479 e. The van der Waals surface area contributed by atoms with Crippen molar-refractivity contribution < 1.29 is 28.0 Å². The highest BCUT2D eigenvalue weighted by molar-refractivity contribution is 7.92. The van der Waals surface area contributed by atoms with Gasteiger partial charge in [-0.15, -0.1) is 16.0 Å². The van der Waals surface area contributed by atoms with Crippen molar-refractivity contribution in [1.29, 1.82) is 0 Å². The summed E-state index contributed by atoms with van der Waals surface area (Å²) >= 11 is 6.54. The quantitative estimate of drug-likeness (QED) is 0.254. The summed E-state index contributed by atoms with van der Waals surface area (Å²) in [6, 6.07) is 12.2. The van der Waals surface area contributed by atoms with Gasteiger partial charge in [0.1, 0.15) is 15.5 Å². The molecule has 13 heteroatoms. The number of carbonyl (C=O) groups excluding carboxylic acids is 2. The summed E-state index contributed by atoms with van der Waals surface area (Å²) in [4.78, 5) is 30.8. The van der Waals surface area contributed by atoms with E-state index < -0.39 is 21.7 Å². The van der Waals surface area contributed by atoms with Crippen LogP contribution in [-0.2, 0) is 44.7 Å². The third-order valence-corrected chi connectivity index (χ3v) is 15.8. The molecule has 3 aliphatic heterocycles. The zero-order chi connectivity index (χ0) is 40.1. The number of nitrogens with zero attached hydrogens (tertiary/aromatic N) is 4. The van der Waals surface area contributed by atoms with Crippen LogP contribution in [0.4, 0.5) is 5.69 Å². The third-order valence-electron chi connectivity index (χ3n) is 13.6. The van der Waals surface area contributed by atoms with E-state index in [0.717, 1.165) is 81.6 Å². The molecule has 2 amide bonds. The number of nitrogens with one attached hydrogen (secondary N) is 1. The lowest BCUT2D eigenvalue weighted by Crippen LogP contribution is -2.49. The van der Waals surface area contributed by atoms with Gasteiger partial charge in [-0.05, 0) is 129 Å². The SMILES string of the molecule is C=CC[C@@H]1C[C@@H]2C[C@H](OC)[C@@H]3CC[C@H]3CN3C[C@@]4(CCCc5cc(Cl)ccc54)CCc4ccc(cc43)C(=O)N=S(=O)(NC(=O)c3cn(C)nc3OC)C[C@@H](C)[C@H]2O1. The summed E-state index contributed by atoms with van der Waals surface area (Å²) < 4.78 is 42.2. The number of anilines is 1. The number of hydrogen-bond acceptors (Lipinski definition) is 8. The Balaban J connectivity index is 1.23. The van der Waals surface area contributed by atoms with Gasteiger partial charge in [-0.2, -0.15) is 0 Å². The molecule has 2 aromatic carbocycles. The van der Waals surface area contributed by atoms with E-state index in [1.54, 1.807) is 13.1 Å². The van der Waals surface area contributed by atoms with E-state index >= 15 is 4.21 Å². The molecule has 57 heavy (non-hydrogen) atoms. The molecular weight excluding hydrogens is 762 g/mol. The van der Waals surface area contributed by atoms with Crippen molar-refractivity contribution in [3.8, 4) is 5.88 Å². The zero-order valence-electron chi connectivity index (χ0n) is 33.6. The minimum atomic E-state index is -3.70. The van der Waals surface area contributed by atoms with E-state index in [4.69, 9.17) is 25.8 Å². The molecule has 2 aliphatic carbocycles. The van der Waals surface area contributed by atoms with Gasteiger partial charge in [-0.3, -0.25) is 19.0 Å². The topological polar surface area (TPSA) is 124 Å². The van der Waals surface area contributed by atoms with Crippen molar-refractivity contribution in [1.82, 2.24) is 14.5 Å². The van der Waals surface area contributed by atoms with E-state index in [2.05, 4.69) is 43.9 Å². The predicted molar refractivity (Wildman–Crippen MR) is 222 cm³/mol. The molecule has 0 radical (unpaired) electrons. The first-order valence-electron chi connectivity index (χ1n) is 20.6. The number of carbonyl (C=O) groups is 2. The average molecular weight is 818 g/mol. The van der Waals surface area contributed by atoms with E-state index in [9.17, 15) is 9.59 Å². The Labute approximate surface area is 342 Å². The number of aromatic nitrogens is 2. The van der Waals surface area contributed by atoms with Gasteiger partial charge in [0, 0.05) is 55.1 Å². The van der Waals surface area contributed by atoms with Gasteiger partial charge in [0.25, 0.3) is 11.8 Å². The lowest BCUT2D eigenvalue weighted by molar-refractivity contribution is -0.0440. The van der Waals surface area contributed by atoms with Crippen molar-refractivity contribution in [2.45, 2.75) is 94.9 Å². The number of halogens is 1. The van der Waals surface area contributed by atoms with Gasteiger partial charge >= 0.3 is 0 Å². The van der Waals surface area contributed by atoms with E-state index in [1.807, 2.05) is 32.2 Å². The fourth-order valence-electron chi connectivity index (χ4n) is 10.8. The smallest absolute Gasteiger partial charge is 0.286 e. The number of rotatable bonds is 6. The molecule has 9 atom stereocenters. The Kier molecular flexibility index (Phi) is 11.4. The highest BCUT2D eigenvalue weighted by Crippen LogP contribution is 2.49. The molecule has 8 rings (SSSR count). The van der Waals surface area contributed by atoms with Crippen LogP contribution in [0.15, 0.2) is 59.6 Å². The van der Waals surface area contributed by atoms with Crippen LogP contribution in [0.25, 0.3) is 0 Å². The third kappa shape index (κ3) is 7.91. The number of amides is 2. The van der Waals surface area contributed by atoms with Crippen molar-refractivity contribution in [3.63, 3.8) is 0 Å². The summed E-state index contributed by atoms with van der Waals surface area (Å²) in [6.07, 6.45) is 12.7. The molecule has 5 aliphatic rings. The molecule has 1 unspecified atom stereocenters. The van der Waals surface area contributed by atoms with Gasteiger partial charge in [0.2, 0.25) is 5.88 Å². The van der Waals surface area contributed by atoms with Gasteiger partial charge in [0.05, 0.1) is 31.2 Å². The fourth-order valence-corrected chi connectivity index (χ4v) is 12.9. The number of fused-ring (bicyclic) bond motifs is 5. The summed E-state index contributed by atoms with van der Waals surface area (Å²) in [6.45, 7) is 7.62. The molecule has 4 heterocycles. The molecule has 1 saturated carbocycles. The average Bonchev–Trinajstić information content (AvgIpc) is 3.72. The Morgan fingerprint density at radius 3 is 2.72 bits per heavy atom. The Bertz CT molecular complexity index is 2170. The van der Waals surface area contributed by atoms with Crippen LogP contribution in [0.1, 0.15) is 95.7 Å². The summed E-state index contributed by atoms with van der Waals surface area (Å²) in [5.41, 5.74) is 5.32. The molecular formula is C44H56ClN5O6S. The van der Waals surface area contributed by atoms with Crippen molar-refractivity contribution in [3.05, 3.63) is 88.1 Å². The maximum Gasteiger partial charge on any atom is 0.286 e. The molecule has 1 saturated heterocycles. The predicted octanol–water partition coefficient (Wildman–Crippen LogP) is 7.49. The van der Waals surface area contributed by atoms with Crippen LogP contribution in [0, 0.1) is 23.7 Å². The lowest BCUT2D eigenvalue weighted by atomic mass is 9.66. The molecule has 306 valence electrons. The normalized spacial score (nSPS) is 32.5. The van der Waals surface area contributed by atoms with E-state index in [1.165, 1.54) is 34.7 Å². The first kappa shape index (κ1) is 40.1. The van der Waals surface area contributed by atoms with Crippen LogP contribution in [0.5, 0.6) is 5.88 Å². The lowest BCUT2D eigenvalue weighted by Gasteiger charge is -2.47. The standard InChI is InChI=1S/C44H56ClN5O6S/c1-6-8-34-20-32-22-39(54-4)35-14-12-31(35)23-50-26-44(17-7-9-29-19-33(45)13-15-37(29)44)18-16-28-10-11-30(21-38(28)50)41(51)47-57(53,25-27(2)40(32)56-34)48-42(52)36-24-49(3)46-43(36)55-5/h6,10-11,13,15,19,21,24,27,31-32,34-35,39-40H,1,7-9,12,14,16-18,20,22-23,25-26H2,2-5H3,(H,47,48,51,52,53)/t27-,31+,32-,34-,35-,39+,40-,44-,57?/m1/s1. The molecule has 1 aromatic heterocycles. The first-order chi connectivity index (χ1) is 27.4. The zero-order valence-corrected chi connectivity index (χ0v) is 35.2. The Morgan fingerprint density at radius 2 is 1.96 bits per heavy atom. The van der Waals surface area contributed by atoms with Crippen LogP contribution >= 0.6 is 11.6 Å². The number of benzene rings is 2. The highest BCUT2D eigenvalue weighted by Gasteiger charge is 2.47. The van der Waals surface area contributed by atoms with Crippen LogP contribution in [-0.4, -0.2) is 77.2 Å². The second kappa shape index (κ2) is 16.2. The molecule has 1 N–H and O–H groups in total. The highest BCUT2D eigenvalue weighted by atomic mass is 35.5. The van der Waals surface area contributed by atoms with Crippen LogP contribution in [0.2, 0.25) is 5.02 Å². The molecule has 11 nitrogen and oxygen atoms in total. The summed E-state index contributed by atoms with van der Waals surface area (Å²) in [5.74, 6) is -0.723. The van der Waals surface area contributed by atoms with Gasteiger partial charge in [-0.25, -0.2) is 4.21 Å². The van der Waals surface area contributed by atoms with Gasteiger partial charge in [-0.1, -0.05) is 36.7 Å². The number of aryl methyl sites for hydroxylation is 3. The van der Waals surface area contributed by atoms with Crippen molar-refractivity contribution in [2.24, 2.45) is 35.1 Å². The monoisotopic (exact) mass is 817 g/mol. The number of hydrogen-bond donors (Lipinski definition) is 1. The Morgan fingerprint density at radius 1 is 1.12 bits per heavy atom. The van der Waals surface area contributed by atoms with Crippen LogP contribution in [0.3, 0.4) is 0 Å². The summed E-state index contributed by atoms with van der Waals surface area (Å²) in [5, 5.41) is 4.98.